The van der Waals surface area contributed by atoms with Gasteiger partial charge >= 0.3 is 0 Å². The maximum absolute atomic E-state index is 5.57. The molecule has 12 aromatic rings. The lowest BCUT2D eigenvalue weighted by atomic mass is 10.0. The van der Waals surface area contributed by atoms with E-state index < -0.39 is 0 Å². The molecule has 0 saturated carbocycles. The smallest absolute Gasteiger partial charge is 0.118 e. The summed E-state index contributed by atoms with van der Waals surface area (Å²) in [5.74, 6) is 0.967. The molecule has 0 spiro atoms. The Bertz CT molecular complexity index is 3660. The Morgan fingerprint density at radius 2 is 1.14 bits per heavy atom. The first-order chi connectivity index (χ1) is 28.7. The average Bonchev–Trinajstić information content (AvgIpc) is 3.93. The third-order valence-electron chi connectivity index (χ3n) is 11.9. The van der Waals surface area contributed by atoms with Gasteiger partial charge in [0.1, 0.15) is 5.84 Å². The van der Waals surface area contributed by atoms with Crippen molar-refractivity contribution in [2.75, 3.05) is 12.4 Å². The molecular weight excluding hydrogens is 725 g/mol. The summed E-state index contributed by atoms with van der Waals surface area (Å²) in [6, 6.07) is 66.4. The van der Waals surface area contributed by atoms with Crippen molar-refractivity contribution in [2.45, 2.75) is 6.42 Å². The highest BCUT2D eigenvalue weighted by Gasteiger charge is 2.21. The first kappa shape index (κ1) is 33.0. The van der Waals surface area contributed by atoms with Crippen molar-refractivity contribution in [3.63, 3.8) is 0 Å². The fraction of sp³-hybridized carbons (Fsp3) is 0.0377. The zero-order valence-corrected chi connectivity index (χ0v) is 32.6. The molecule has 12 rings (SSSR count). The Balaban J connectivity index is 1.14. The van der Waals surface area contributed by atoms with Gasteiger partial charge in [-0.1, -0.05) is 121 Å². The summed E-state index contributed by atoms with van der Waals surface area (Å²) < 4.78 is 7.48. The molecule has 0 fully saturated rings. The molecule has 3 heterocycles. The highest BCUT2D eigenvalue weighted by Crippen LogP contribution is 2.41. The molecule has 9 aromatic carbocycles. The van der Waals surface area contributed by atoms with Crippen LogP contribution in [0, 0.1) is 0 Å². The fourth-order valence-corrected chi connectivity index (χ4v) is 10.5. The molecule has 0 radical (unpaired) electrons. The van der Waals surface area contributed by atoms with Gasteiger partial charge in [-0.3, -0.25) is 4.57 Å². The second kappa shape index (κ2) is 12.9. The molecule has 3 aromatic heterocycles. The van der Waals surface area contributed by atoms with E-state index in [0.29, 0.717) is 6.42 Å². The number of anilines is 1. The number of fused-ring (bicyclic) bond motifs is 13. The summed E-state index contributed by atoms with van der Waals surface area (Å²) in [6.07, 6.45) is 0.648. The molecule has 4 nitrogen and oxygen atoms in total. The third kappa shape index (κ3) is 4.97. The van der Waals surface area contributed by atoms with E-state index in [0.717, 1.165) is 33.9 Å². The van der Waals surface area contributed by atoms with Gasteiger partial charge < -0.3 is 9.88 Å². The molecule has 0 atom stereocenters. The number of nitrogens with zero attached hydrogens (tertiary/aromatic N) is 3. The van der Waals surface area contributed by atoms with Gasteiger partial charge in [-0.2, -0.15) is 0 Å². The predicted octanol–water partition coefficient (Wildman–Crippen LogP) is 14.4. The van der Waals surface area contributed by atoms with Gasteiger partial charge in [-0.15, -0.1) is 11.3 Å². The fourth-order valence-electron chi connectivity index (χ4n) is 9.37. The van der Waals surface area contributed by atoms with Gasteiger partial charge in [0.15, 0.2) is 0 Å². The van der Waals surface area contributed by atoms with Crippen LogP contribution in [0.5, 0.6) is 0 Å². The van der Waals surface area contributed by atoms with E-state index in [9.17, 15) is 0 Å². The molecule has 1 N–H and O–H groups in total. The Labute approximate surface area is 338 Å². The summed E-state index contributed by atoms with van der Waals surface area (Å²) in [4.78, 5) is 5.57. The van der Waals surface area contributed by atoms with Crippen molar-refractivity contribution < 1.29 is 0 Å². The van der Waals surface area contributed by atoms with Crippen LogP contribution in [0.2, 0.25) is 0 Å². The standard InChI is InChI=1S/C53H36N4S/c1-54-43-18-8-9-19-44(43)55-51(31-33-22-26-40-39-16-7-11-21-49(39)58-50(40)30-33)57-46-29-25-36(32-42(46)53-38-15-5-3-13-35(38)24-28-48(53)57)56-45-20-10-6-17-41(45)52-37-14-4-2-12-34(37)23-27-47(52)56/h2-30,32,54H,31H2,1H3/b55-51+. The van der Waals surface area contributed by atoms with Crippen LogP contribution in [0.1, 0.15) is 5.56 Å². The van der Waals surface area contributed by atoms with Crippen molar-refractivity contribution >= 4 is 114 Å². The van der Waals surface area contributed by atoms with Crippen LogP contribution in [0.15, 0.2) is 187 Å². The van der Waals surface area contributed by atoms with Crippen molar-refractivity contribution in [3.8, 4) is 5.69 Å². The first-order valence-corrected chi connectivity index (χ1v) is 20.7. The number of benzene rings is 9. The number of para-hydroxylation sites is 3. The Kier molecular flexibility index (Phi) is 7.34. The molecule has 0 saturated heterocycles. The Morgan fingerprint density at radius 3 is 1.95 bits per heavy atom. The van der Waals surface area contributed by atoms with Gasteiger partial charge in [0.05, 0.1) is 33.4 Å². The number of rotatable bonds is 5. The zero-order chi connectivity index (χ0) is 38.3. The minimum absolute atomic E-state index is 0.648. The summed E-state index contributed by atoms with van der Waals surface area (Å²) in [5.41, 5.74) is 8.94. The van der Waals surface area contributed by atoms with Crippen LogP contribution in [0.3, 0.4) is 0 Å². The SMILES string of the molecule is CNc1ccccc1/N=C(\Cc1ccc2c(c1)sc1ccccc12)n1c2ccc(-n3c4ccccc4c4c5ccccc5ccc43)cc2c2c3ccccc3ccc21. The number of hydrogen-bond acceptors (Lipinski definition) is 3. The van der Waals surface area contributed by atoms with E-state index in [1.54, 1.807) is 0 Å². The van der Waals surface area contributed by atoms with Crippen LogP contribution in [0.25, 0.3) is 91.0 Å². The number of thiophene rings is 1. The van der Waals surface area contributed by atoms with E-state index in [1.807, 2.05) is 18.4 Å². The largest absolute Gasteiger partial charge is 0.386 e. The highest BCUT2D eigenvalue weighted by atomic mass is 32.1. The van der Waals surface area contributed by atoms with Crippen LogP contribution in [-0.4, -0.2) is 22.0 Å². The highest BCUT2D eigenvalue weighted by molar-refractivity contribution is 7.25. The summed E-state index contributed by atoms with van der Waals surface area (Å²) in [5, 5.41) is 16.0. The topological polar surface area (TPSA) is 34.2 Å². The number of nitrogens with one attached hydrogen (secondary N) is 1. The van der Waals surface area contributed by atoms with E-state index in [-0.39, 0.29) is 0 Å². The third-order valence-corrected chi connectivity index (χ3v) is 13.1. The molecule has 58 heavy (non-hydrogen) atoms. The molecule has 0 amide bonds. The number of aliphatic imine (C=N–C) groups is 1. The van der Waals surface area contributed by atoms with E-state index in [1.165, 1.54) is 79.9 Å². The van der Waals surface area contributed by atoms with Gasteiger partial charge in [0.2, 0.25) is 0 Å². The van der Waals surface area contributed by atoms with E-state index in [4.69, 9.17) is 4.99 Å². The summed E-state index contributed by atoms with van der Waals surface area (Å²) in [7, 11) is 1.97. The molecular formula is C53H36N4S. The van der Waals surface area contributed by atoms with E-state index in [2.05, 4.69) is 196 Å². The minimum atomic E-state index is 0.648. The number of hydrogen-bond donors (Lipinski definition) is 1. The molecule has 0 aliphatic carbocycles. The normalized spacial score (nSPS) is 12.4. The second-order valence-electron chi connectivity index (χ2n) is 15.2. The quantitative estimate of drug-likeness (QED) is 0.138. The Hall–Kier alpha value is -7.21. The molecule has 274 valence electrons. The minimum Gasteiger partial charge on any atom is -0.386 e. The lowest BCUT2D eigenvalue weighted by molar-refractivity contribution is 1.15. The van der Waals surface area contributed by atoms with E-state index >= 15 is 0 Å². The van der Waals surface area contributed by atoms with Gasteiger partial charge in [0, 0.05) is 60.9 Å². The molecule has 5 heteroatoms. The number of aromatic nitrogens is 2. The van der Waals surface area contributed by atoms with Crippen molar-refractivity contribution in [3.05, 3.63) is 188 Å². The maximum Gasteiger partial charge on any atom is 0.118 e. The Morgan fingerprint density at radius 1 is 0.500 bits per heavy atom. The van der Waals surface area contributed by atoms with Gasteiger partial charge in [0.25, 0.3) is 0 Å². The monoisotopic (exact) mass is 760 g/mol. The van der Waals surface area contributed by atoms with Gasteiger partial charge in [-0.25, -0.2) is 4.99 Å². The zero-order valence-electron chi connectivity index (χ0n) is 31.8. The van der Waals surface area contributed by atoms with Crippen LogP contribution in [-0.2, 0) is 6.42 Å². The van der Waals surface area contributed by atoms with Crippen LogP contribution < -0.4 is 5.32 Å². The van der Waals surface area contributed by atoms with Crippen molar-refractivity contribution in [2.24, 2.45) is 4.99 Å². The molecule has 0 unspecified atom stereocenters. The van der Waals surface area contributed by atoms with Crippen LogP contribution >= 0.6 is 11.3 Å². The second-order valence-corrected chi connectivity index (χ2v) is 16.2. The molecule has 0 bridgehead atoms. The molecule has 0 aliphatic rings. The lowest BCUT2D eigenvalue weighted by Crippen LogP contribution is -2.15. The summed E-state index contributed by atoms with van der Waals surface area (Å²) >= 11 is 1.86. The van der Waals surface area contributed by atoms with Gasteiger partial charge in [-0.05, 0) is 87.8 Å². The van der Waals surface area contributed by atoms with Crippen molar-refractivity contribution in [1.29, 1.82) is 0 Å². The molecule has 0 aliphatic heterocycles. The summed E-state index contributed by atoms with van der Waals surface area (Å²) in [6.45, 7) is 0. The average molecular weight is 761 g/mol. The maximum atomic E-state index is 5.57. The predicted molar refractivity (Wildman–Crippen MR) is 250 cm³/mol. The lowest BCUT2D eigenvalue weighted by Gasteiger charge is -2.15. The van der Waals surface area contributed by atoms with Crippen LogP contribution in [0.4, 0.5) is 11.4 Å². The first-order valence-electron chi connectivity index (χ1n) is 19.8. The van der Waals surface area contributed by atoms with Crippen molar-refractivity contribution in [1.82, 2.24) is 9.13 Å².